The second-order valence-corrected chi connectivity index (χ2v) is 5.66. The standard InChI is InChI=1S/C14H34N2/c1-7-15(5,8-2)13-11-12-14-16(6,9-3)10-4/h7-14H2,1-6H3/q+2. The topological polar surface area (TPSA) is 0 Å². The van der Waals surface area contributed by atoms with Gasteiger partial charge in [-0.2, -0.15) is 0 Å². The van der Waals surface area contributed by atoms with Crippen LogP contribution in [-0.2, 0) is 0 Å². The Kier molecular flexibility index (Phi) is 7.25. The molecule has 0 amide bonds. The van der Waals surface area contributed by atoms with Crippen LogP contribution in [0.25, 0.3) is 0 Å². The van der Waals surface area contributed by atoms with Crippen molar-refractivity contribution in [1.29, 1.82) is 0 Å². The lowest BCUT2D eigenvalue weighted by Crippen LogP contribution is -2.46. The maximum atomic E-state index is 2.38. The highest BCUT2D eigenvalue weighted by Crippen LogP contribution is 2.08. The Labute approximate surface area is 103 Å². The Morgan fingerprint density at radius 2 is 0.812 bits per heavy atom. The van der Waals surface area contributed by atoms with Crippen molar-refractivity contribution in [3.05, 3.63) is 0 Å². The van der Waals surface area contributed by atoms with Crippen molar-refractivity contribution in [1.82, 2.24) is 0 Å². The molecule has 0 aliphatic carbocycles. The third-order valence-electron chi connectivity index (χ3n) is 4.70. The summed E-state index contributed by atoms with van der Waals surface area (Å²) in [4.78, 5) is 0. The van der Waals surface area contributed by atoms with Crippen LogP contribution in [-0.4, -0.2) is 62.3 Å². The third-order valence-corrected chi connectivity index (χ3v) is 4.70. The lowest BCUT2D eigenvalue weighted by molar-refractivity contribution is -0.912. The highest BCUT2D eigenvalue weighted by Gasteiger charge is 2.18. The van der Waals surface area contributed by atoms with Gasteiger partial charge >= 0.3 is 0 Å². The largest absolute Gasteiger partial charge is 0.326 e. The maximum Gasteiger partial charge on any atom is 0.0786 e. The molecule has 0 fully saturated rings. The summed E-state index contributed by atoms with van der Waals surface area (Å²) in [6.07, 6.45) is 2.76. The van der Waals surface area contributed by atoms with Gasteiger partial charge in [-0.25, -0.2) is 0 Å². The predicted octanol–water partition coefficient (Wildman–Crippen LogP) is 2.74. The number of unbranched alkanes of at least 4 members (excludes halogenated alkanes) is 1. The van der Waals surface area contributed by atoms with E-state index >= 15 is 0 Å². The van der Waals surface area contributed by atoms with Gasteiger partial charge in [-0.15, -0.1) is 0 Å². The van der Waals surface area contributed by atoms with Crippen molar-refractivity contribution in [2.75, 3.05) is 53.4 Å². The summed E-state index contributed by atoms with van der Waals surface area (Å²) in [5.74, 6) is 0. The summed E-state index contributed by atoms with van der Waals surface area (Å²) in [6.45, 7) is 17.0. The molecule has 0 aliphatic heterocycles. The van der Waals surface area contributed by atoms with Crippen molar-refractivity contribution in [2.24, 2.45) is 0 Å². The molecule has 0 saturated carbocycles. The second-order valence-electron chi connectivity index (χ2n) is 5.66. The maximum absolute atomic E-state index is 2.38. The third kappa shape index (κ3) is 5.31. The first-order chi connectivity index (χ1) is 7.45. The molecule has 0 aliphatic rings. The molecule has 0 N–H and O–H groups in total. The first-order valence-electron chi connectivity index (χ1n) is 7.12. The van der Waals surface area contributed by atoms with Gasteiger partial charge < -0.3 is 8.97 Å². The van der Waals surface area contributed by atoms with Crippen molar-refractivity contribution in [3.8, 4) is 0 Å². The zero-order chi connectivity index (χ0) is 12.7. The number of rotatable bonds is 9. The van der Waals surface area contributed by atoms with Crippen LogP contribution in [0.15, 0.2) is 0 Å². The molecule has 0 unspecified atom stereocenters. The van der Waals surface area contributed by atoms with Crippen LogP contribution in [0.2, 0.25) is 0 Å². The molecule has 0 atom stereocenters. The summed E-state index contributed by atoms with van der Waals surface area (Å²) in [5, 5.41) is 0. The zero-order valence-corrected chi connectivity index (χ0v) is 12.6. The van der Waals surface area contributed by atoms with Gasteiger partial charge in [-0.05, 0) is 27.7 Å². The van der Waals surface area contributed by atoms with Crippen LogP contribution in [0.3, 0.4) is 0 Å². The highest BCUT2D eigenvalue weighted by atomic mass is 15.3. The Balaban J connectivity index is 3.83. The summed E-state index contributed by atoms with van der Waals surface area (Å²) in [7, 11) is 4.77. The molecule has 0 spiro atoms. The molecule has 0 rings (SSSR count). The molecule has 0 heterocycles. The Hall–Kier alpha value is -0.0800. The molecule has 0 radical (unpaired) electrons. The molecule has 2 nitrogen and oxygen atoms in total. The van der Waals surface area contributed by atoms with Crippen LogP contribution in [0.4, 0.5) is 0 Å². The second kappa shape index (κ2) is 7.29. The number of nitrogens with zero attached hydrogens (tertiary/aromatic N) is 2. The normalized spacial score (nSPS) is 13.1. The first-order valence-corrected chi connectivity index (χ1v) is 7.12. The Bertz CT molecular complexity index is 150. The summed E-state index contributed by atoms with van der Waals surface area (Å²) in [5.41, 5.74) is 0. The smallest absolute Gasteiger partial charge is 0.0786 e. The number of hydrogen-bond acceptors (Lipinski definition) is 0. The molecular weight excluding hydrogens is 196 g/mol. The molecule has 98 valence electrons. The monoisotopic (exact) mass is 230 g/mol. The van der Waals surface area contributed by atoms with Gasteiger partial charge in [0, 0.05) is 12.8 Å². The van der Waals surface area contributed by atoms with Gasteiger partial charge in [0.2, 0.25) is 0 Å². The van der Waals surface area contributed by atoms with Gasteiger partial charge in [-0.3, -0.25) is 0 Å². The van der Waals surface area contributed by atoms with Crippen LogP contribution in [0.5, 0.6) is 0 Å². The van der Waals surface area contributed by atoms with E-state index in [-0.39, 0.29) is 0 Å². The van der Waals surface area contributed by atoms with Crippen molar-refractivity contribution in [3.63, 3.8) is 0 Å². The van der Waals surface area contributed by atoms with Crippen LogP contribution in [0, 0.1) is 0 Å². The minimum absolute atomic E-state index is 1.24. The number of hydrogen-bond donors (Lipinski definition) is 0. The van der Waals surface area contributed by atoms with E-state index in [2.05, 4.69) is 41.8 Å². The van der Waals surface area contributed by atoms with E-state index in [1.165, 1.54) is 61.1 Å². The van der Waals surface area contributed by atoms with Gasteiger partial charge in [-0.1, -0.05) is 0 Å². The SMILES string of the molecule is CC[N+](C)(CC)CCCC[N+](C)(CC)CC. The number of quaternary nitrogens is 2. The van der Waals surface area contributed by atoms with Gasteiger partial charge in [0.05, 0.1) is 53.4 Å². The van der Waals surface area contributed by atoms with Crippen LogP contribution >= 0.6 is 0 Å². The van der Waals surface area contributed by atoms with Crippen molar-refractivity contribution < 1.29 is 8.97 Å². The summed E-state index contributed by atoms with van der Waals surface area (Å²) < 4.78 is 2.48. The fourth-order valence-electron chi connectivity index (χ4n) is 2.07. The highest BCUT2D eigenvalue weighted by molar-refractivity contribution is 4.42. The van der Waals surface area contributed by atoms with Gasteiger partial charge in [0.25, 0.3) is 0 Å². The minimum atomic E-state index is 1.24. The zero-order valence-electron chi connectivity index (χ0n) is 12.6. The fourth-order valence-corrected chi connectivity index (χ4v) is 2.07. The van der Waals surface area contributed by atoms with E-state index < -0.39 is 0 Å². The van der Waals surface area contributed by atoms with Crippen LogP contribution in [0.1, 0.15) is 40.5 Å². The van der Waals surface area contributed by atoms with E-state index in [9.17, 15) is 0 Å². The van der Waals surface area contributed by atoms with E-state index in [0.717, 1.165) is 0 Å². The predicted molar refractivity (Wildman–Crippen MR) is 73.5 cm³/mol. The molecular formula is C14H34N2+2. The van der Waals surface area contributed by atoms with E-state index in [1.54, 1.807) is 0 Å². The molecule has 2 heteroatoms. The lowest BCUT2D eigenvalue weighted by Gasteiger charge is -2.34. The average molecular weight is 230 g/mol. The van der Waals surface area contributed by atoms with E-state index in [4.69, 9.17) is 0 Å². The molecule has 0 aromatic heterocycles. The molecule has 0 aromatic carbocycles. The summed E-state index contributed by atoms with van der Waals surface area (Å²) >= 11 is 0. The fraction of sp³-hybridized carbons (Fsp3) is 1.00. The first kappa shape index (κ1) is 15.9. The minimum Gasteiger partial charge on any atom is -0.326 e. The van der Waals surface area contributed by atoms with Crippen molar-refractivity contribution in [2.45, 2.75) is 40.5 Å². The van der Waals surface area contributed by atoms with E-state index in [0.29, 0.717) is 0 Å². The molecule has 0 bridgehead atoms. The van der Waals surface area contributed by atoms with Gasteiger partial charge in [0.1, 0.15) is 0 Å². The summed E-state index contributed by atoms with van der Waals surface area (Å²) in [6, 6.07) is 0. The quantitative estimate of drug-likeness (QED) is 0.422. The van der Waals surface area contributed by atoms with Crippen LogP contribution < -0.4 is 0 Å². The Morgan fingerprint density at radius 3 is 1.00 bits per heavy atom. The van der Waals surface area contributed by atoms with Crippen molar-refractivity contribution >= 4 is 0 Å². The Morgan fingerprint density at radius 1 is 0.562 bits per heavy atom. The van der Waals surface area contributed by atoms with Gasteiger partial charge in [0.15, 0.2) is 0 Å². The molecule has 16 heavy (non-hydrogen) atoms. The average Bonchev–Trinajstić information content (AvgIpc) is 2.34. The van der Waals surface area contributed by atoms with E-state index in [1.807, 2.05) is 0 Å². The molecule has 0 aromatic rings. The molecule has 0 saturated heterocycles. The lowest BCUT2D eigenvalue weighted by atomic mass is 10.2.